The zero-order valence-electron chi connectivity index (χ0n) is 15.1. The zero-order chi connectivity index (χ0) is 19.6. The van der Waals surface area contributed by atoms with Crippen LogP contribution >= 0.6 is 15.9 Å². The molecule has 0 aliphatic carbocycles. The lowest BCUT2D eigenvalue weighted by Crippen LogP contribution is -2.30. The summed E-state index contributed by atoms with van der Waals surface area (Å²) in [6, 6.07) is 12.2. The van der Waals surface area contributed by atoms with Gasteiger partial charge in [-0.1, -0.05) is 12.1 Å². The Hall–Kier alpha value is -2.16. The molecular weight excluding hydrogens is 432 g/mol. The summed E-state index contributed by atoms with van der Waals surface area (Å²) in [5.41, 5.74) is 1.51. The molecule has 1 heterocycles. The highest BCUT2D eigenvalue weighted by atomic mass is 79.9. The van der Waals surface area contributed by atoms with E-state index in [4.69, 9.17) is 9.15 Å². The second-order valence-electron chi connectivity index (χ2n) is 5.93. The summed E-state index contributed by atoms with van der Waals surface area (Å²) in [6.45, 7) is 2.28. The summed E-state index contributed by atoms with van der Waals surface area (Å²) >= 11 is 1.74. The second kappa shape index (κ2) is 8.24. The van der Waals surface area contributed by atoms with Gasteiger partial charge < -0.3 is 18.6 Å². The minimum absolute atomic E-state index is 0.0926. The maximum Gasteiger partial charge on any atom is 0.328 e. The van der Waals surface area contributed by atoms with Crippen molar-refractivity contribution in [2.45, 2.75) is 11.8 Å². The molecule has 0 fully saturated rings. The fourth-order valence-electron chi connectivity index (χ4n) is 2.57. The largest absolute Gasteiger partial charge is 0.588 e. The number of halogens is 1. The molecule has 3 aromatic rings. The maximum absolute atomic E-state index is 12.6. The molecule has 0 spiro atoms. The summed E-state index contributed by atoms with van der Waals surface area (Å²) in [5.74, 6) is 0.0104. The van der Waals surface area contributed by atoms with Crippen LogP contribution in [0.4, 0.5) is 5.69 Å². The Balaban J connectivity index is 1.84. The van der Waals surface area contributed by atoms with Gasteiger partial charge in [0, 0.05) is 30.0 Å². The zero-order valence-corrected chi connectivity index (χ0v) is 17.5. The third kappa shape index (κ3) is 4.23. The number of nitrogens with one attached hydrogen (secondary N) is 1. The van der Waals surface area contributed by atoms with Gasteiger partial charge in [0.2, 0.25) is 4.90 Å². The van der Waals surface area contributed by atoms with Gasteiger partial charge in [0.05, 0.1) is 12.3 Å². The molecular formula is C19H19BrN2O4S. The number of hydrogen-bond donors (Lipinski definition) is 1. The smallest absolute Gasteiger partial charge is 0.328 e. The molecule has 1 amide bonds. The summed E-state index contributed by atoms with van der Waals surface area (Å²) in [5, 5.41) is 0.776. The van der Waals surface area contributed by atoms with E-state index in [1.807, 2.05) is 38.1 Å². The van der Waals surface area contributed by atoms with Crippen LogP contribution in [0.1, 0.15) is 17.5 Å². The van der Waals surface area contributed by atoms with Crippen LogP contribution in [-0.4, -0.2) is 31.2 Å². The second-order valence-corrected chi connectivity index (χ2v) is 7.96. The van der Waals surface area contributed by atoms with Gasteiger partial charge in [0.15, 0.2) is 11.5 Å². The maximum atomic E-state index is 12.6. The molecule has 1 atom stereocenters. The molecule has 6 nitrogen and oxygen atoms in total. The van der Waals surface area contributed by atoms with Gasteiger partial charge in [-0.05, 0) is 47.1 Å². The predicted octanol–water partition coefficient (Wildman–Crippen LogP) is 4.11. The average Bonchev–Trinajstić information content (AvgIpc) is 3.04. The van der Waals surface area contributed by atoms with Gasteiger partial charge in [0.1, 0.15) is 16.9 Å². The molecule has 0 bridgehead atoms. The summed E-state index contributed by atoms with van der Waals surface area (Å²) in [7, 11) is 3.84. The Morgan fingerprint density at radius 3 is 2.74 bits per heavy atom. The molecule has 0 aliphatic rings. The lowest BCUT2D eigenvalue weighted by atomic mass is 10.2. The number of fused-ring (bicyclic) bond motifs is 1. The molecule has 142 valence electrons. The number of amides is 1. The van der Waals surface area contributed by atoms with E-state index in [-0.39, 0.29) is 5.76 Å². The number of para-hydroxylation sites is 1. The predicted molar refractivity (Wildman–Crippen MR) is 110 cm³/mol. The third-order valence-corrected chi connectivity index (χ3v) is 5.57. The van der Waals surface area contributed by atoms with E-state index in [0.29, 0.717) is 22.8 Å². The number of ether oxygens (including phenoxy) is 1. The van der Waals surface area contributed by atoms with Crippen molar-refractivity contribution < 1.29 is 18.5 Å². The van der Waals surface area contributed by atoms with Crippen LogP contribution in [-0.2, 0) is 11.4 Å². The van der Waals surface area contributed by atoms with Crippen LogP contribution in [0.5, 0.6) is 5.75 Å². The Kier molecular flexibility index (Phi) is 5.98. The van der Waals surface area contributed by atoms with Gasteiger partial charge >= 0.3 is 5.91 Å². The molecule has 0 radical (unpaired) electrons. The first-order valence-electron chi connectivity index (χ1n) is 8.25. The number of benzene rings is 2. The summed E-state index contributed by atoms with van der Waals surface area (Å²) < 4.78 is 27.1. The topological polar surface area (TPSA) is 77.8 Å². The normalized spacial score (nSPS) is 12.0. The fraction of sp³-hybridized carbons (Fsp3) is 0.211. The Labute approximate surface area is 168 Å². The number of hydrogen-bond acceptors (Lipinski definition) is 5. The molecule has 1 N–H and O–H groups in total. The molecule has 8 heteroatoms. The SMILES string of the molecule is CCOc1ccccc1[S+]([O-])NC(=O)c1cc2cc(Br)c(N(C)C)cc2o1. The van der Waals surface area contributed by atoms with Crippen molar-refractivity contribution >= 4 is 49.9 Å². The lowest BCUT2D eigenvalue weighted by Gasteiger charge is -2.13. The van der Waals surface area contributed by atoms with E-state index in [2.05, 4.69) is 20.7 Å². The molecule has 2 aromatic carbocycles. The first-order valence-corrected chi connectivity index (χ1v) is 10.2. The highest BCUT2D eigenvalue weighted by Gasteiger charge is 2.23. The van der Waals surface area contributed by atoms with E-state index in [0.717, 1.165) is 15.5 Å². The van der Waals surface area contributed by atoms with Crippen molar-refractivity contribution in [2.75, 3.05) is 25.6 Å². The van der Waals surface area contributed by atoms with E-state index < -0.39 is 17.3 Å². The van der Waals surface area contributed by atoms with Crippen molar-refractivity contribution in [3.8, 4) is 5.75 Å². The lowest BCUT2D eigenvalue weighted by molar-refractivity contribution is 0.0956. The number of nitrogens with zero attached hydrogens (tertiary/aromatic N) is 1. The summed E-state index contributed by atoms with van der Waals surface area (Å²) in [6.07, 6.45) is 0. The minimum atomic E-state index is -1.77. The van der Waals surface area contributed by atoms with Crippen LogP contribution < -0.4 is 14.4 Å². The number of carbonyl (C=O) groups is 1. The molecule has 0 saturated carbocycles. The van der Waals surface area contributed by atoms with Crippen LogP contribution in [0, 0.1) is 0 Å². The molecule has 0 saturated heterocycles. The Morgan fingerprint density at radius 2 is 2.04 bits per heavy atom. The van der Waals surface area contributed by atoms with Crippen LogP contribution in [0.25, 0.3) is 11.0 Å². The molecule has 1 unspecified atom stereocenters. The van der Waals surface area contributed by atoms with Crippen LogP contribution in [0.15, 0.2) is 56.2 Å². The fourth-order valence-corrected chi connectivity index (χ4v) is 4.18. The van der Waals surface area contributed by atoms with Crippen molar-refractivity contribution in [1.29, 1.82) is 0 Å². The van der Waals surface area contributed by atoms with Crippen LogP contribution in [0.2, 0.25) is 0 Å². The van der Waals surface area contributed by atoms with Gasteiger partial charge in [-0.15, -0.1) is 0 Å². The van der Waals surface area contributed by atoms with Gasteiger partial charge in [-0.3, -0.25) is 4.79 Å². The molecule has 3 rings (SSSR count). The highest BCUT2D eigenvalue weighted by Crippen LogP contribution is 2.32. The van der Waals surface area contributed by atoms with Crippen molar-refractivity contribution in [3.05, 3.63) is 52.7 Å². The first kappa shape index (κ1) is 19.6. The van der Waals surface area contributed by atoms with E-state index >= 15 is 0 Å². The van der Waals surface area contributed by atoms with E-state index in [9.17, 15) is 9.35 Å². The molecule has 27 heavy (non-hydrogen) atoms. The average molecular weight is 451 g/mol. The van der Waals surface area contributed by atoms with Gasteiger partial charge in [0.25, 0.3) is 0 Å². The number of rotatable bonds is 6. The Bertz CT molecular complexity index is 973. The van der Waals surface area contributed by atoms with E-state index in [1.54, 1.807) is 30.3 Å². The molecule has 0 aliphatic heterocycles. The Morgan fingerprint density at radius 1 is 1.30 bits per heavy atom. The van der Waals surface area contributed by atoms with Crippen LogP contribution in [0.3, 0.4) is 0 Å². The summed E-state index contributed by atoms with van der Waals surface area (Å²) in [4.78, 5) is 14.9. The van der Waals surface area contributed by atoms with Gasteiger partial charge in [-0.25, -0.2) is 0 Å². The van der Waals surface area contributed by atoms with Gasteiger partial charge in [-0.2, -0.15) is 4.72 Å². The number of furan rings is 1. The minimum Gasteiger partial charge on any atom is -0.588 e. The highest BCUT2D eigenvalue weighted by molar-refractivity contribution is 9.10. The molecule has 1 aromatic heterocycles. The quantitative estimate of drug-likeness (QED) is 0.571. The number of anilines is 1. The van der Waals surface area contributed by atoms with E-state index in [1.165, 1.54) is 0 Å². The third-order valence-electron chi connectivity index (χ3n) is 3.83. The first-order chi connectivity index (χ1) is 12.9. The van der Waals surface area contributed by atoms with Crippen molar-refractivity contribution in [3.63, 3.8) is 0 Å². The standard InChI is InChI=1S/C19H19BrN2O4S/c1-4-25-15-7-5-6-8-18(15)27(24)21-19(23)17-10-12-9-13(20)14(22(2)3)11-16(12)26-17/h5-11H,4H2,1-3H3,(H,21,23). The van der Waals surface area contributed by atoms with Crippen molar-refractivity contribution in [2.24, 2.45) is 0 Å². The number of carbonyl (C=O) groups excluding carboxylic acids is 1. The monoisotopic (exact) mass is 450 g/mol. The van der Waals surface area contributed by atoms with Crippen molar-refractivity contribution in [1.82, 2.24) is 4.72 Å².